The summed E-state index contributed by atoms with van der Waals surface area (Å²) >= 11 is 0. The van der Waals surface area contributed by atoms with Gasteiger partial charge in [0.15, 0.2) is 0 Å². The van der Waals surface area contributed by atoms with Crippen molar-refractivity contribution in [1.82, 2.24) is 14.5 Å². The fraction of sp³-hybridized carbons (Fsp3) is 0.667. The van der Waals surface area contributed by atoms with Gasteiger partial charge in [-0.1, -0.05) is 19.9 Å². The standard InChI is InChI=1S/C21H33N3O3S/c1-17-13-18(2)16-23(15-17)10-6-9-22-21(25)19-7-5-8-20(14-19)28(26,27)24-11-3-4-12-24/h5,7-8,14,17-18H,3-4,6,9-13,15-16H2,1-2H3,(H,22,25)/t17-,18-/m1/s1. The highest BCUT2D eigenvalue weighted by molar-refractivity contribution is 7.89. The Balaban J connectivity index is 1.51. The van der Waals surface area contributed by atoms with Crippen LogP contribution in [0.4, 0.5) is 0 Å². The summed E-state index contributed by atoms with van der Waals surface area (Å²) in [6, 6.07) is 6.39. The van der Waals surface area contributed by atoms with Gasteiger partial charge in [0.2, 0.25) is 10.0 Å². The van der Waals surface area contributed by atoms with Gasteiger partial charge in [-0.25, -0.2) is 8.42 Å². The zero-order valence-electron chi connectivity index (χ0n) is 17.1. The molecule has 2 heterocycles. The summed E-state index contributed by atoms with van der Waals surface area (Å²) in [6.45, 7) is 9.57. The number of hydrogen-bond acceptors (Lipinski definition) is 4. The van der Waals surface area contributed by atoms with Crippen molar-refractivity contribution in [3.8, 4) is 0 Å². The first kappa shape index (κ1) is 21.3. The van der Waals surface area contributed by atoms with Gasteiger partial charge < -0.3 is 10.2 Å². The normalized spacial score (nSPS) is 24.4. The van der Waals surface area contributed by atoms with E-state index in [4.69, 9.17) is 0 Å². The van der Waals surface area contributed by atoms with E-state index in [9.17, 15) is 13.2 Å². The van der Waals surface area contributed by atoms with Gasteiger partial charge >= 0.3 is 0 Å². The minimum absolute atomic E-state index is 0.207. The van der Waals surface area contributed by atoms with Crippen LogP contribution in [0.5, 0.6) is 0 Å². The van der Waals surface area contributed by atoms with Crippen molar-refractivity contribution in [3.63, 3.8) is 0 Å². The first-order chi connectivity index (χ1) is 13.4. The van der Waals surface area contributed by atoms with E-state index in [-0.39, 0.29) is 10.8 Å². The minimum Gasteiger partial charge on any atom is -0.352 e. The third-order valence-corrected chi connectivity index (χ3v) is 7.57. The highest BCUT2D eigenvalue weighted by Crippen LogP contribution is 2.22. The second-order valence-electron chi connectivity index (χ2n) is 8.45. The number of likely N-dealkylation sites (tertiary alicyclic amines) is 1. The van der Waals surface area contributed by atoms with Crippen LogP contribution in [0.25, 0.3) is 0 Å². The van der Waals surface area contributed by atoms with Gasteiger partial charge in [-0.05, 0) is 62.3 Å². The lowest BCUT2D eigenvalue weighted by atomic mass is 9.92. The molecule has 2 saturated heterocycles. The van der Waals surface area contributed by atoms with Gasteiger partial charge in [-0.3, -0.25) is 4.79 Å². The second-order valence-corrected chi connectivity index (χ2v) is 10.4. The molecule has 2 atom stereocenters. The van der Waals surface area contributed by atoms with Crippen molar-refractivity contribution >= 4 is 15.9 Å². The van der Waals surface area contributed by atoms with Crippen LogP contribution in [0, 0.1) is 11.8 Å². The van der Waals surface area contributed by atoms with E-state index in [1.54, 1.807) is 18.2 Å². The second kappa shape index (κ2) is 9.37. The molecule has 1 aromatic rings. The van der Waals surface area contributed by atoms with Crippen LogP contribution in [0.1, 0.15) is 49.9 Å². The number of benzene rings is 1. The molecular weight excluding hydrogens is 374 g/mol. The zero-order valence-corrected chi connectivity index (χ0v) is 17.9. The third kappa shape index (κ3) is 5.33. The van der Waals surface area contributed by atoms with Crippen LogP contribution in [-0.4, -0.2) is 62.8 Å². The fourth-order valence-corrected chi connectivity index (χ4v) is 6.02. The molecule has 7 heteroatoms. The molecular formula is C21H33N3O3S. The summed E-state index contributed by atoms with van der Waals surface area (Å²) in [6.07, 6.45) is 3.99. The number of hydrogen-bond donors (Lipinski definition) is 1. The highest BCUT2D eigenvalue weighted by Gasteiger charge is 2.27. The van der Waals surface area contributed by atoms with Crippen LogP contribution in [0.15, 0.2) is 29.2 Å². The molecule has 0 unspecified atom stereocenters. The van der Waals surface area contributed by atoms with Crippen LogP contribution in [0.3, 0.4) is 0 Å². The number of nitrogens with zero attached hydrogens (tertiary/aromatic N) is 2. The summed E-state index contributed by atoms with van der Waals surface area (Å²) < 4.78 is 26.9. The Kier molecular flexibility index (Phi) is 7.12. The van der Waals surface area contributed by atoms with E-state index in [2.05, 4.69) is 24.1 Å². The Morgan fingerprint density at radius 2 is 1.82 bits per heavy atom. The predicted octanol–water partition coefficient (Wildman–Crippen LogP) is 2.57. The number of rotatable bonds is 7. The molecule has 2 aliphatic heterocycles. The van der Waals surface area contributed by atoms with E-state index in [0.717, 1.165) is 50.7 Å². The fourth-order valence-electron chi connectivity index (χ4n) is 4.46. The summed E-state index contributed by atoms with van der Waals surface area (Å²) in [5.74, 6) is 1.26. The Hall–Kier alpha value is -1.44. The van der Waals surface area contributed by atoms with Gasteiger partial charge in [-0.2, -0.15) is 4.31 Å². The molecule has 0 radical (unpaired) electrons. The summed E-state index contributed by atoms with van der Waals surface area (Å²) in [7, 11) is -3.50. The Labute approximate surface area is 169 Å². The maximum absolute atomic E-state index is 12.7. The molecule has 0 aromatic heterocycles. The van der Waals surface area contributed by atoms with E-state index in [1.807, 2.05) is 0 Å². The Bertz CT molecular complexity index is 765. The van der Waals surface area contributed by atoms with Gasteiger partial charge in [0.05, 0.1) is 4.90 Å². The predicted molar refractivity (Wildman–Crippen MR) is 111 cm³/mol. The molecule has 6 nitrogen and oxygen atoms in total. The van der Waals surface area contributed by atoms with Crippen LogP contribution in [-0.2, 0) is 10.0 Å². The average Bonchev–Trinajstić information content (AvgIpc) is 3.20. The van der Waals surface area contributed by atoms with Crippen molar-refractivity contribution in [2.75, 3.05) is 39.3 Å². The smallest absolute Gasteiger partial charge is 0.251 e. The quantitative estimate of drug-likeness (QED) is 0.706. The first-order valence-electron chi connectivity index (χ1n) is 10.5. The molecule has 28 heavy (non-hydrogen) atoms. The Morgan fingerprint density at radius 1 is 1.14 bits per heavy atom. The molecule has 1 N–H and O–H groups in total. The van der Waals surface area contributed by atoms with E-state index in [0.29, 0.717) is 25.2 Å². The molecule has 2 aliphatic rings. The maximum atomic E-state index is 12.7. The van der Waals surface area contributed by atoms with Gasteiger partial charge in [-0.15, -0.1) is 0 Å². The number of sulfonamides is 1. The highest BCUT2D eigenvalue weighted by atomic mass is 32.2. The van der Waals surface area contributed by atoms with Crippen molar-refractivity contribution in [2.24, 2.45) is 11.8 Å². The summed E-state index contributed by atoms with van der Waals surface area (Å²) in [4.78, 5) is 15.2. The molecule has 156 valence electrons. The molecule has 0 bridgehead atoms. The van der Waals surface area contributed by atoms with Crippen molar-refractivity contribution in [2.45, 2.75) is 44.4 Å². The van der Waals surface area contributed by atoms with Gasteiger partial charge in [0.25, 0.3) is 5.91 Å². The molecule has 3 rings (SSSR count). The topological polar surface area (TPSA) is 69.7 Å². The molecule has 0 saturated carbocycles. The largest absolute Gasteiger partial charge is 0.352 e. The molecule has 0 spiro atoms. The minimum atomic E-state index is -3.50. The van der Waals surface area contributed by atoms with E-state index >= 15 is 0 Å². The Morgan fingerprint density at radius 3 is 2.50 bits per heavy atom. The van der Waals surface area contributed by atoms with Gasteiger partial charge in [0.1, 0.15) is 0 Å². The molecule has 1 amide bonds. The summed E-state index contributed by atoms with van der Waals surface area (Å²) in [5.41, 5.74) is 0.403. The van der Waals surface area contributed by atoms with Crippen molar-refractivity contribution in [3.05, 3.63) is 29.8 Å². The van der Waals surface area contributed by atoms with Gasteiger partial charge in [0, 0.05) is 38.3 Å². The lowest BCUT2D eigenvalue weighted by Crippen LogP contribution is -2.40. The average molecular weight is 408 g/mol. The number of carbonyl (C=O) groups excluding carboxylic acids is 1. The van der Waals surface area contributed by atoms with Crippen LogP contribution < -0.4 is 5.32 Å². The van der Waals surface area contributed by atoms with Crippen molar-refractivity contribution < 1.29 is 13.2 Å². The van der Waals surface area contributed by atoms with Crippen molar-refractivity contribution in [1.29, 1.82) is 0 Å². The molecule has 2 fully saturated rings. The van der Waals surface area contributed by atoms with Crippen LogP contribution >= 0.6 is 0 Å². The number of amides is 1. The van der Waals surface area contributed by atoms with Crippen LogP contribution in [0.2, 0.25) is 0 Å². The lowest BCUT2D eigenvalue weighted by Gasteiger charge is -2.34. The maximum Gasteiger partial charge on any atom is 0.251 e. The zero-order chi connectivity index (χ0) is 20.1. The SMILES string of the molecule is C[C@@H]1C[C@@H](C)CN(CCCNC(=O)c2cccc(S(=O)(=O)N3CCCC3)c2)C1. The third-order valence-electron chi connectivity index (χ3n) is 5.68. The lowest BCUT2D eigenvalue weighted by molar-refractivity contribution is 0.0947. The molecule has 0 aliphatic carbocycles. The number of carbonyl (C=O) groups is 1. The monoisotopic (exact) mass is 407 g/mol. The summed E-state index contributed by atoms with van der Waals surface area (Å²) in [5, 5.41) is 2.94. The first-order valence-corrected chi connectivity index (χ1v) is 11.9. The van der Waals surface area contributed by atoms with E-state index in [1.165, 1.54) is 16.8 Å². The molecule has 1 aromatic carbocycles. The number of nitrogens with one attached hydrogen (secondary N) is 1. The number of piperidine rings is 1. The van der Waals surface area contributed by atoms with E-state index < -0.39 is 10.0 Å².